The molecular formula is C8H10S2. The van der Waals surface area contributed by atoms with E-state index in [4.69, 9.17) is 0 Å². The number of benzene rings is 1. The van der Waals surface area contributed by atoms with Crippen LogP contribution in [0.5, 0.6) is 0 Å². The fraction of sp³-hybridized carbons (Fsp3) is 0.250. The molecule has 0 unspecified atom stereocenters. The van der Waals surface area contributed by atoms with Crippen molar-refractivity contribution < 1.29 is 0 Å². The van der Waals surface area contributed by atoms with E-state index in [1.807, 2.05) is 0 Å². The molecule has 0 amide bonds. The van der Waals surface area contributed by atoms with Crippen molar-refractivity contribution in [2.24, 2.45) is 0 Å². The van der Waals surface area contributed by atoms with Crippen molar-refractivity contribution >= 4 is 24.4 Å². The Morgan fingerprint density at radius 2 is 2.30 bits per heavy atom. The molecule has 0 bridgehead atoms. The second-order valence-electron chi connectivity index (χ2n) is 2.01. The van der Waals surface area contributed by atoms with Gasteiger partial charge in [0.15, 0.2) is 0 Å². The summed E-state index contributed by atoms with van der Waals surface area (Å²) in [4.78, 5) is 1.31. The minimum atomic E-state index is 0.828. The third-order valence-corrected chi connectivity index (χ3v) is 2.41. The molecule has 10 heavy (non-hydrogen) atoms. The van der Waals surface area contributed by atoms with Crippen molar-refractivity contribution in [3.8, 4) is 0 Å². The van der Waals surface area contributed by atoms with E-state index in [0.29, 0.717) is 0 Å². The number of thioether (sulfide) groups is 1. The Morgan fingerprint density at radius 1 is 1.50 bits per heavy atom. The van der Waals surface area contributed by atoms with Crippen LogP contribution in [0.15, 0.2) is 29.2 Å². The zero-order valence-corrected chi connectivity index (χ0v) is 7.58. The Kier molecular flexibility index (Phi) is 3.16. The molecule has 0 aliphatic heterocycles. The Bertz CT molecular complexity index is 189. The first-order valence-corrected chi connectivity index (χ1v) is 4.96. The van der Waals surface area contributed by atoms with Gasteiger partial charge < -0.3 is 0 Å². The molecule has 0 aliphatic rings. The molecule has 54 valence electrons. The zero-order chi connectivity index (χ0) is 7.40. The summed E-state index contributed by atoms with van der Waals surface area (Å²) in [5.41, 5.74) is 1.29. The Morgan fingerprint density at radius 3 is 2.90 bits per heavy atom. The van der Waals surface area contributed by atoms with Crippen molar-refractivity contribution in [2.45, 2.75) is 10.6 Å². The number of hydrogen-bond donors (Lipinski definition) is 1. The summed E-state index contributed by atoms with van der Waals surface area (Å²) in [7, 11) is 0. The van der Waals surface area contributed by atoms with Crippen LogP contribution in [0.4, 0.5) is 0 Å². The van der Waals surface area contributed by atoms with E-state index >= 15 is 0 Å². The van der Waals surface area contributed by atoms with Crippen molar-refractivity contribution in [3.63, 3.8) is 0 Å². The van der Waals surface area contributed by atoms with Gasteiger partial charge in [-0.2, -0.15) is 12.6 Å². The molecule has 0 atom stereocenters. The van der Waals surface area contributed by atoms with Gasteiger partial charge in [-0.1, -0.05) is 12.1 Å². The van der Waals surface area contributed by atoms with Crippen LogP contribution in [0.25, 0.3) is 0 Å². The quantitative estimate of drug-likeness (QED) is 0.526. The molecular weight excluding hydrogens is 160 g/mol. The molecule has 1 rings (SSSR count). The van der Waals surface area contributed by atoms with Crippen LogP contribution < -0.4 is 0 Å². The van der Waals surface area contributed by atoms with Gasteiger partial charge in [0.1, 0.15) is 0 Å². The van der Waals surface area contributed by atoms with E-state index in [1.54, 1.807) is 11.8 Å². The largest absolute Gasteiger partial charge is 0.175 e. The number of hydrogen-bond acceptors (Lipinski definition) is 2. The SMILES string of the molecule is CSc1cccc(CS)c1. The van der Waals surface area contributed by atoms with Gasteiger partial charge in [0.25, 0.3) is 0 Å². The summed E-state index contributed by atoms with van der Waals surface area (Å²) in [6, 6.07) is 8.43. The van der Waals surface area contributed by atoms with Gasteiger partial charge in [0.2, 0.25) is 0 Å². The molecule has 0 radical (unpaired) electrons. The first kappa shape index (κ1) is 8.02. The van der Waals surface area contributed by atoms with Crippen molar-refractivity contribution in [1.82, 2.24) is 0 Å². The lowest BCUT2D eigenvalue weighted by atomic mass is 10.2. The minimum Gasteiger partial charge on any atom is -0.175 e. The number of thiol groups is 1. The molecule has 1 aromatic rings. The first-order valence-electron chi connectivity index (χ1n) is 3.10. The molecule has 1 aromatic carbocycles. The van der Waals surface area contributed by atoms with Gasteiger partial charge >= 0.3 is 0 Å². The maximum absolute atomic E-state index is 4.19. The van der Waals surface area contributed by atoms with Crippen molar-refractivity contribution in [3.05, 3.63) is 29.8 Å². The lowest BCUT2D eigenvalue weighted by Crippen LogP contribution is -1.76. The molecule has 2 heteroatoms. The Labute approximate surface area is 71.4 Å². The van der Waals surface area contributed by atoms with E-state index in [-0.39, 0.29) is 0 Å². The standard InChI is InChI=1S/C8H10S2/c1-10-8-4-2-3-7(5-8)6-9/h2-5,9H,6H2,1H3. The van der Waals surface area contributed by atoms with Crippen LogP contribution in [-0.2, 0) is 5.75 Å². The topological polar surface area (TPSA) is 0 Å². The first-order chi connectivity index (χ1) is 4.86. The molecule has 0 aromatic heterocycles. The maximum atomic E-state index is 4.19. The predicted molar refractivity (Wildman–Crippen MR) is 50.9 cm³/mol. The Hall–Kier alpha value is -0.0800. The minimum absolute atomic E-state index is 0.828. The molecule has 0 saturated carbocycles. The van der Waals surface area contributed by atoms with Crippen molar-refractivity contribution in [2.75, 3.05) is 6.26 Å². The summed E-state index contributed by atoms with van der Waals surface area (Å²) in [6.45, 7) is 0. The maximum Gasteiger partial charge on any atom is 0.0154 e. The van der Waals surface area contributed by atoms with E-state index < -0.39 is 0 Å². The van der Waals surface area contributed by atoms with Crippen LogP contribution in [0, 0.1) is 0 Å². The lowest BCUT2D eigenvalue weighted by Gasteiger charge is -1.97. The molecule has 0 aliphatic carbocycles. The highest BCUT2D eigenvalue weighted by atomic mass is 32.2. The molecule has 0 heterocycles. The average molecular weight is 170 g/mol. The van der Waals surface area contributed by atoms with Crippen LogP contribution >= 0.6 is 24.4 Å². The molecule has 0 saturated heterocycles. The van der Waals surface area contributed by atoms with Gasteiger partial charge in [-0.15, -0.1) is 11.8 Å². The van der Waals surface area contributed by atoms with Crippen LogP contribution in [0.2, 0.25) is 0 Å². The summed E-state index contributed by atoms with van der Waals surface area (Å²) in [5.74, 6) is 0.828. The highest BCUT2D eigenvalue weighted by Gasteiger charge is 1.90. The summed E-state index contributed by atoms with van der Waals surface area (Å²) >= 11 is 5.95. The predicted octanol–water partition coefficient (Wildman–Crippen LogP) is 2.84. The molecule has 0 spiro atoms. The fourth-order valence-corrected chi connectivity index (χ4v) is 1.45. The Balaban J connectivity index is 2.87. The van der Waals surface area contributed by atoms with Crippen LogP contribution in [0.1, 0.15) is 5.56 Å². The number of rotatable bonds is 2. The monoisotopic (exact) mass is 170 g/mol. The molecule has 0 nitrogen and oxygen atoms in total. The van der Waals surface area contributed by atoms with Gasteiger partial charge in [-0.05, 0) is 24.0 Å². The van der Waals surface area contributed by atoms with Gasteiger partial charge in [-0.3, -0.25) is 0 Å². The van der Waals surface area contributed by atoms with Gasteiger partial charge in [0, 0.05) is 10.6 Å². The van der Waals surface area contributed by atoms with Crippen LogP contribution in [0.3, 0.4) is 0 Å². The highest BCUT2D eigenvalue weighted by Crippen LogP contribution is 2.16. The second-order valence-corrected chi connectivity index (χ2v) is 3.21. The molecule has 0 N–H and O–H groups in total. The average Bonchev–Trinajstić information content (AvgIpc) is 2.05. The third-order valence-electron chi connectivity index (χ3n) is 1.32. The third kappa shape index (κ3) is 1.96. The second kappa shape index (κ2) is 3.94. The lowest BCUT2D eigenvalue weighted by molar-refractivity contribution is 1.34. The normalized spacial score (nSPS) is 9.80. The van der Waals surface area contributed by atoms with E-state index in [0.717, 1.165) is 5.75 Å². The van der Waals surface area contributed by atoms with E-state index in [2.05, 4.69) is 43.2 Å². The summed E-state index contributed by atoms with van der Waals surface area (Å²) < 4.78 is 0. The smallest absolute Gasteiger partial charge is 0.0154 e. The van der Waals surface area contributed by atoms with Crippen molar-refractivity contribution in [1.29, 1.82) is 0 Å². The van der Waals surface area contributed by atoms with Gasteiger partial charge in [0.05, 0.1) is 0 Å². The molecule has 0 fully saturated rings. The van der Waals surface area contributed by atoms with E-state index in [1.165, 1.54) is 10.5 Å². The van der Waals surface area contributed by atoms with Crippen LogP contribution in [-0.4, -0.2) is 6.26 Å². The summed E-state index contributed by atoms with van der Waals surface area (Å²) in [6.07, 6.45) is 2.08. The highest BCUT2D eigenvalue weighted by molar-refractivity contribution is 7.98. The fourth-order valence-electron chi connectivity index (χ4n) is 0.771. The van der Waals surface area contributed by atoms with E-state index in [9.17, 15) is 0 Å². The zero-order valence-electron chi connectivity index (χ0n) is 5.87. The summed E-state index contributed by atoms with van der Waals surface area (Å²) in [5, 5.41) is 0. The van der Waals surface area contributed by atoms with Gasteiger partial charge in [-0.25, -0.2) is 0 Å².